The van der Waals surface area contributed by atoms with E-state index < -0.39 is 11.9 Å². The molecular formula is C30H48Cl2CoN3. The van der Waals surface area contributed by atoms with Crippen LogP contribution in [0.5, 0.6) is 0 Å². The maximum absolute atomic E-state index is 6.51. The minimum atomic E-state index is -1.19. The number of likely N-dealkylation sites (N-methyl/N-ethyl adjacent to an activating group) is 1. The molecule has 2 aromatic carbocycles. The summed E-state index contributed by atoms with van der Waals surface area (Å²) < 4.78 is 1.11. The van der Waals surface area contributed by atoms with Crippen molar-refractivity contribution in [2.75, 3.05) is 37.4 Å². The van der Waals surface area contributed by atoms with Crippen LogP contribution in [0.4, 0.5) is 11.4 Å². The van der Waals surface area contributed by atoms with Crippen LogP contribution < -0.4 is 15.1 Å². The third kappa shape index (κ3) is 7.80. The summed E-state index contributed by atoms with van der Waals surface area (Å²) in [4.78, 5) is 2.34. The molecular weight excluding hydrogens is 532 g/mol. The summed E-state index contributed by atoms with van der Waals surface area (Å²) in [5, 5.41) is 7.56. The molecule has 2 rings (SSSR count). The zero-order valence-corrected chi connectivity index (χ0v) is 26.8. The van der Waals surface area contributed by atoms with Gasteiger partial charge in [0.25, 0.3) is 0 Å². The summed E-state index contributed by atoms with van der Waals surface area (Å²) in [5.74, 6) is 1.71. The Hall–Kier alpha value is -0.914. The SMILES string of the molecule is Cc1cc(C(C)C)c(NCCN(C)CNc2c(C(C)C)cc(C)[c]([Co]([Cl])[Cl])c2C(C)C)c(C(C)C)c1. The molecule has 0 saturated carbocycles. The van der Waals surface area contributed by atoms with Gasteiger partial charge in [0, 0.05) is 0 Å². The molecule has 0 aromatic heterocycles. The third-order valence-corrected chi connectivity index (χ3v) is 8.84. The minimum absolute atomic E-state index is 0.333. The standard InChI is InChI=1S/C30H48N3.2ClH.Co/c1-19(2)25-14-23(9)15-26(20(3)4)29(25)31-12-13-33(11)18-32-30-27(21(5)6)16-24(10)17-28(30)22(7)8;;;/h14-16,19-22,31-32H,12-13,18H2,1-11H3;2*1H;/q;;;+2/p-2. The summed E-state index contributed by atoms with van der Waals surface area (Å²) >= 11 is -1.19. The molecule has 0 atom stereocenters. The van der Waals surface area contributed by atoms with Crippen molar-refractivity contribution in [2.24, 2.45) is 0 Å². The van der Waals surface area contributed by atoms with Gasteiger partial charge in [-0.15, -0.1) is 0 Å². The van der Waals surface area contributed by atoms with Crippen molar-refractivity contribution in [3.8, 4) is 0 Å². The van der Waals surface area contributed by atoms with Gasteiger partial charge in [-0.05, 0) is 6.92 Å². The molecule has 0 fully saturated rings. The summed E-state index contributed by atoms with van der Waals surface area (Å²) in [5.41, 5.74) is 10.5. The van der Waals surface area contributed by atoms with Crippen LogP contribution in [0.2, 0.25) is 0 Å². The van der Waals surface area contributed by atoms with Crippen LogP contribution in [0.15, 0.2) is 18.2 Å². The van der Waals surface area contributed by atoms with Crippen molar-refractivity contribution in [3.05, 3.63) is 51.6 Å². The molecule has 0 unspecified atom stereocenters. The van der Waals surface area contributed by atoms with Gasteiger partial charge >= 0.3 is 195 Å². The van der Waals surface area contributed by atoms with Gasteiger partial charge in [-0.25, -0.2) is 0 Å². The summed E-state index contributed by atoms with van der Waals surface area (Å²) in [6, 6.07) is 6.94. The number of hydrogen-bond donors (Lipinski definition) is 2. The number of aryl methyl sites for hydroxylation is 2. The van der Waals surface area contributed by atoms with Gasteiger partial charge in [-0.1, -0.05) is 33.3 Å². The van der Waals surface area contributed by atoms with E-state index in [0.29, 0.717) is 23.7 Å². The number of halogens is 2. The summed E-state index contributed by atoms with van der Waals surface area (Å²) in [6.45, 7) is 25.0. The second kappa shape index (κ2) is 13.8. The molecule has 6 heteroatoms. The van der Waals surface area contributed by atoms with Crippen molar-refractivity contribution in [2.45, 2.75) is 92.9 Å². The van der Waals surface area contributed by atoms with Gasteiger partial charge < -0.3 is 0 Å². The molecule has 0 radical (unpaired) electrons. The molecule has 0 aliphatic heterocycles. The van der Waals surface area contributed by atoms with E-state index in [4.69, 9.17) is 20.3 Å². The first-order valence-electron chi connectivity index (χ1n) is 13.2. The molecule has 0 spiro atoms. The van der Waals surface area contributed by atoms with E-state index in [1.165, 1.54) is 44.8 Å². The Labute approximate surface area is 234 Å². The second-order valence-corrected chi connectivity index (χ2v) is 15.0. The van der Waals surface area contributed by atoms with Gasteiger partial charge in [-0.2, -0.15) is 0 Å². The van der Waals surface area contributed by atoms with Crippen molar-refractivity contribution >= 4 is 36.2 Å². The number of hydrogen-bond acceptors (Lipinski definition) is 3. The number of rotatable bonds is 12. The van der Waals surface area contributed by atoms with Gasteiger partial charge in [0.05, 0.1) is 0 Å². The fourth-order valence-electron chi connectivity index (χ4n) is 4.81. The zero-order chi connectivity index (χ0) is 27.3. The number of anilines is 2. The molecule has 2 aromatic rings. The maximum atomic E-state index is 6.51. The quantitative estimate of drug-likeness (QED) is 0.246. The molecule has 0 aliphatic carbocycles. The third-order valence-electron chi connectivity index (χ3n) is 6.72. The van der Waals surface area contributed by atoms with E-state index in [-0.39, 0.29) is 0 Å². The van der Waals surface area contributed by atoms with Crippen molar-refractivity contribution in [3.63, 3.8) is 0 Å². The Kier molecular flexibility index (Phi) is 12.0. The van der Waals surface area contributed by atoms with Crippen LogP contribution in [-0.4, -0.2) is 31.7 Å². The van der Waals surface area contributed by atoms with Crippen molar-refractivity contribution in [1.82, 2.24) is 4.90 Å². The number of nitrogens with one attached hydrogen (secondary N) is 2. The van der Waals surface area contributed by atoms with E-state index in [1.807, 2.05) is 0 Å². The van der Waals surface area contributed by atoms with Crippen LogP contribution in [0.3, 0.4) is 0 Å². The summed E-state index contributed by atoms with van der Waals surface area (Å²) in [6.07, 6.45) is 0. The first-order valence-corrected chi connectivity index (χ1v) is 16.6. The van der Waals surface area contributed by atoms with Gasteiger partial charge in [0.1, 0.15) is 0 Å². The zero-order valence-electron chi connectivity index (χ0n) is 24.2. The Morgan fingerprint density at radius 3 is 1.69 bits per heavy atom. The minimum Gasteiger partial charge on any atom is -0.0586 e. The Morgan fingerprint density at radius 2 is 1.25 bits per heavy atom. The Morgan fingerprint density at radius 1 is 0.750 bits per heavy atom. The van der Waals surface area contributed by atoms with Gasteiger partial charge in [-0.3, -0.25) is 0 Å². The molecule has 0 aliphatic rings. The predicted molar refractivity (Wildman–Crippen MR) is 160 cm³/mol. The topological polar surface area (TPSA) is 27.3 Å². The summed E-state index contributed by atoms with van der Waals surface area (Å²) in [7, 11) is 15.2. The fraction of sp³-hybridized carbons (Fsp3) is 0.600. The molecule has 0 amide bonds. The Bertz CT molecular complexity index is 987. The van der Waals surface area contributed by atoms with Gasteiger partial charge in [0.15, 0.2) is 0 Å². The van der Waals surface area contributed by atoms with Crippen molar-refractivity contribution < 1.29 is 11.9 Å². The molecule has 36 heavy (non-hydrogen) atoms. The molecule has 0 saturated heterocycles. The molecule has 0 bridgehead atoms. The van der Waals surface area contributed by atoms with E-state index >= 15 is 0 Å². The molecule has 0 heterocycles. The number of nitrogens with zero attached hydrogens (tertiary/aromatic N) is 1. The van der Waals surface area contributed by atoms with Crippen LogP contribution in [-0.2, 0) is 11.9 Å². The predicted octanol–water partition coefficient (Wildman–Crippen LogP) is 8.76. The van der Waals surface area contributed by atoms with E-state index in [1.54, 1.807) is 0 Å². The normalized spacial score (nSPS) is 12.4. The van der Waals surface area contributed by atoms with Crippen molar-refractivity contribution in [1.29, 1.82) is 0 Å². The Balaban J connectivity index is 2.21. The van der Waals surface area contributed by atoms with Gasteiger partial charge in [0.2, 0.25) is 0 Å². The number of benzene rings is 2. The first kappa shape index (κ1) is 31.3. The fourth-order valence-corrected chi connectivity index (χ4v) is 7.22. The smallest absolute Gasteiger partial charge is 0.0586 e. The molecule has 2 N–H and O–H groups in total. The molecule has 3 nitrogen and oxygen atoms in total. The van der Waals surface area contributed by atoms with E-state index in [2.05, 4.69) is 110 Å². The van der Waals surface area contributed by atoms with Crippen LogP contribution in [0.25, 0.3) is 0 Å². The average Bonchev–Trinajstić information content (AvgIpc) is 2.77. The monoisotopic (exact) mass is 579 g/mol. The second-order valence-electron chi connectivity index (χ2n) is 11.3. The first-order chi connectivity index (χ1) is 16.8. The van der Waals surface area contributed by atoms with Crippen LogP contribution in [0.1, 0.15) is 112 Å². The average molecular weight is 581 g/mol. The van der Waals surface area contributed by atoms with Crippen LogP contribution >= 0.6 is 20.3 Å². The van der Waals surface area contributed by atoms with Crippen LogP contribution in [0, 0.1) is 13.8 Å². The van der Waals surface area contributed by atoms with E-state index in [9.17, 15) is 0 Å². The molecule has 206 valence electrons. The van der Waals surface area contributed by atoms with E-state index in [0.717, 1.165) is 24.3 Å².